The van der Waals surface area contributed by atoms with E-state index in [1.165, 1.54) is 7.11 Å². The van der Waals surface area contributed by atoms with Gasteiger partial charge >= 0.3 is 5.97 Å². The molecule has 0 spiro atoms. The Bertz CT molecular complexity index is 399. The topological polar surface area (TPSA) is 61.8 Å². The second-order valence-electron chi connectivity index (χ2n) is 7.00. The molecule has 0 radical (unpaired) electrons. The Kier molecular flexibility index (Phi) is 10.8. The van der Waals surface area contributed by atoms with Crippen LogP contribution in [-0.4, -0.2) is 43.3 Å². The van der Waals surface area contributed by atoms with Crippen molar-refractivity contribution in [1.29, 1.82) is 0 Å². The highest BCUT2D eigenvalue weighted by Crippen LogP contribution is 2.17. The Hall–Kier alpha value is -1.20. The third-order valence-electron chi connectivity index (χ3n) is 3.98. The lowest BCUT2D eigenvalue weighted by Gasteiger charge is -2.24. The monoisotopic (exact) mass is 342 g/mol. The number of hydrogen-bond acceptors (Lipinski definition) is 5. The molecule has 24 heavy (non-hydrogen) atoms. The first-order valence-corrected chi connectivity index (χ1v) is 8.63. The molecule has 0 aromatic rings. The van der Waals surface area contributed by atoms with E-state index in [9.17, 15) is 9.59 Å². The van der Waals surface area contributed by atoms with Gasteiger partial charge < -0.3 is 14.2 Å². The van der Waals surface area contributed by atoms with Gasteiger partial charge in [-0.05, 0) is 53.4 Å². The Balaban J connectivity index is 3.73. The van der Waals surface area contributed by atoms with E-state index in [-0.39, 0.29) is 30.2 Å². The summed E-state index contributed by atoms with van der Waals surface area (Å²) in [5.41, 5.74) is -1.00. The Labute approximate surface area is 146 Å². The SMILES string of the molecule is C=CCCC(C)(C)OCCCCOC(=O)CCC(=O)C(C)(C)OC. The van der Waals surface area contributed by atoms with Crippen LogP contribution in [0.25, 0.3) is 0 Å². The minimum atomic E-state index is -0.851. The van der Waals surface area contributed by atoms with Crippen LogP contribution < -0.4 is 0 Å². The van der Waals surface area contributed by atoms with Crippen LogP contribution in [0.4, 0.5) is 0 Å². The molecule has 0 aliphatic carbocycles. The van der Waals surface area contributed by atoms with E-state index in [2.05, 4.69) is 20.4 Å². The standard InChI is InChI=1S/C19H34O5/c1-7-8-13-18(2,3)24-15-10-9-14-23-17(21)12-11-16(20)19(4,5)22-6/h7H,1,8-15H2,2-6H3. The van der Waals surface area contributed by atoms with Crippen molar-refractivity contribution in [3.8, 4) is 0 Å². The first kappa shape index (κ1) is 22.8. The van der Waals surface area contributed by atoms with Crippen molar-refractivity contribution >= 4 is 11.8 Å². The number of Topliss-reactive ketones (excluding diaryl/α,β-unsaturated/α-hetero) is 1. The van der Waals surface area contributed by atoms with Gasteiger partial charge in [-0.3, -0.25) is 9.59 Å². The Morgan fingerprint density at radius 3 is 2.25 bits per heavy atom. The Morgan fingerprint density at radius 1 is 1.04 bits per heavy atom. The minimum Gasteiger partial charge on any atom is -0.466 e. The number of carbonyl (C=O) groups is 2. The fourth-order valence-corrected chi connectivity index (χ4v) is 1.96. The number of unbranched alkanes of at least 4 members (excludes halogenated alkanes) is 1. The lowest BCUT2D eigenvalue weighted by Crippen LogP contribution is -2.34. The molecule has 0 saturated carbocycles. The molecule has 0 amide bonds. The van der Waals surface area contributed by atoms with Gasteiger partial charge in [0.2, 0.25) is 0 Å². The van der Waals surface area contributed by atoms with Crippen LogP contribution in [-0.2, 0) is 23.8 Å². The van der Waals surface area contributed by atoms with E-state index in [1.54, 1.807) is 13.8 Å². The molecule has 0 N–H and O–H groups in total. The van der Waals surface area contributed by atoms with Gasteiger partial charge in [0.25, 0.3) is 0 Å². The van der Waals surface area contributed by atoms with E-state index in [4.69, 9.17) is 14.2 Å². The third kappa shape index (κ3) is 10.6. The van der Waals surface area contributed by atoms with Crippen LogP contribution in [0.15, 0.2) is 12.7 Å². The number of methoxy groups -OCH3 is 1. The summed E-state index contributed by atoms with van der Waals surface area (Å²) < 4.78 is 16.0. The average Bonchev–Trinajstić information content (AvgIpc) is 2.53. The maximum atomic E-state index is 11.8. The van der Waals surface area contributed by atoms with Crippen LogP contribution in [0.1, 0.15) is 66.2 Å². The zero-order valence-corrected chi connectivity index (χ0v) is 16.0. The van der Waals surface area contributed by atoms with Crippen molar-refractivity contribution in [2.24, 2.45) is 0 Å². The van der Waals surface area contributed by atoms with Crippen molar-refractivity contribution < 1.29 is 23.8 Å². The van der Waals surface area contributed by atoms with Crippen LogP contribution in [0.5, 0.6) is 0 Å². The van der Waals surface area contributed by atoms with Crippen LogP contribution >= 0.6 is 0 Å². The van der Waals surface area contributed by atoms with Gasteiger partial charge in [0.15, 0.2) is 5.78 Å². The van der Waals surface area contributed by atoms with Gasteiger partial charge in [-0.1, -0.05) is 6.08 Å². The number of hydrogen-bond donors (Lipinski definition) is 0. The molecule has 0 rings (SSSR count). The number of allylic oxidation sites excluding steroid dienone is 1. The number of ether oxygens (including phenoxy) is 3. The molecule has 0 aromatic carbocycles. The molecule has 0 atom stereocenters. The molecule has 5 nitrogen and oxygen atoms in total. The summed E-state index contributed by atoms with van der Waals surface area (Å²) in [6.45, 7) is 12.2. The lowest BCUT2D eigenvalue weighted by molar-refractivity contribution is -0.147. The summed E-state index contributed by atoms with van der Waals surface area (Å²) in [4.78, 5) is 23.4. The average molecular weight is 342 g/mol. The van der Waals surface area contributed by atoms with Gasteiger partial charge in [0.05, 0.1) is 18.6 Å². The Morgan fingerprint density at radius 2 is 1.67 bits per heavy atom. The van der Waals surface area contributed by atoms with Crippen LogP contribution in [0, 0.1) is 0 Å². The van der Waals surface area contributed by atoms with E-state index in [0.717, 1.165) is 25.7 Å². The molecule has 0 heterocycles. The molecule has 5 heteroatoms. The molecule has 0 unspecified atom stereocenters. The molecule has 0 fully saturated rings. The minimum absolute atomic E-state index is 0.0940. The second kappa shape index (κ2) is 11.4. The maximum Gasteiger partial charge on any atom is 0.306 e. The van der Waals surface area contributed by atoms with Crippen LogP contribution in [0.2, 0.25) is 0 Å². The summed E-state index contributed by atoms with van der Waals surface area (Å²) in [6, 6.07) is 0. The molecule has 0 aliphatic heterocycles. The van der Waals surface area contributed by atoms with Gasteiger partial charge in [-0.25, -0.2) is 0 Å². The number of esters is 1. The fourth-order valence-electron chi connectivity index (χ4n) is 1.96. The van der Waals surface area contributed by atoms with E-state index in [1.807, 2.05) is 6.08 Å². The van der Waals surface area contributed by atoms with Gasteiger partial charge in [-0.2, -0.15) is 0 Å². The summed E-state index contributed by atoms with van der Waals surface area (Å²) in [5, 5.41) is 0. The highest BCUT2D eigenvalue weighted by Gasteiger charge is 2.26. The zero-order valence-electron chi connectivity index (χ0n) is 16.0. The molecule has 0 bridgehead atoms. The second-order valence-corrected chi connectivity index (χ2v) is 7.00. The van der Waals surface area contributed by atoms with Crippen molar-refractivity contribution in [3.63, 3.8) is 0 Å². The van der Waals surface area contributed by atoms with E-state index in [0.29, 0.717) is 13.2 Å². The summed E-state index contributed by atoms with van der Waals surface area (Å²) in [6.07, 6.45) is 5.59. The van der Waals surface area contributed by atoms with Crippen molar-refractivity contribution in [3.05, 3.63) is 12.7 Å². The van der Waals surface area contributed by atoms with Crippen LogP contribution in [0.3, 0.4) is 0 Å². The normalized spacial score (nSPS) is 12.0. The molecule has 0 aliphatic rings. The summed E-state index contributed by atoms with van der Waals surface area (Å²) in [7, 11) is 1.48. The van der Waals surface area contributed by atoms with E-state index >= 15 is 0 Å². The van der Waals surface area contributed by atoms with Gasteiger partial charge in [0, 0.05) is 20.1 Å². The molecule has 140 valence electrons. The first-order chi connectivity index (χ1) is 11.1. The van der Waals surface area contributed by atoms with E-state index < -0.39 is 5.60 Å². The van der Waals surface area contributed by atoms with Crippen molar-refractivity contribution in [1.82, 2.24) is 0 Å². The predicted octanol–water partition coefficient (Wildman–Crippen LogP) is 3.85. The number of rotatable bonds is 14. The number of ketones is 1. The molecule has 0 aromatic heterocycles. The first-order valence-electron chi connectivity index (χ1n) is 8.63. The van der Waals surface area contributed by atoms with Crippen molar-refractivity contribution in [2.75, 3.05) is 20.3 Å². The lowest BCUT2D eigenvalue weighted by atomic mass is 9.99. The zero-order chi connectivity index (χ0) is 18.6. The van der Waals surface area contributed by atoms with Crippen molar-refractivity contribution in [2.45, 2.75) is 77.4 Å². The maximum absolute atomic E-state index is 11.8. The van der Waals surface area contributed by atoms with Gasteiger partial charge in [0.1, 0.15) is 5.60 Å². The van der Waals surface area contributed by atoms with Gasteiger partial charge in [-0.15, -0.1) is 6.58 Å². The fraction of sp³-hybridized carbons (Fsp3) is 0.789. The molecule has 0 saturated heterocycles. The smallest absolute Gasteiger partial charge is 0.306 e. The predicted molar refractivity (Wildman–Crippen MR) is 95.0 cm³/mol. The summed E-state index contributed by atoms with van der Waals surface area (Å²) >= 11 is 0. The summed E-state index contributed by atoms with van der Waals surface area (Å²) in [5.74, 6) is -0.445. The molecular weight excluding hydrogens is 308 g/mol. The molecular formula is C19H34O5. The quantitative estimate of drug-likeness (QED) is 0.273. The largest absolute Gasteiger partial charge is 0.466 e. The third-order valence-corrected chi connectivity index (χ3v) is 3.98. The highest BCUT2D eigenvalue weighted by molar-refractivity contribution is 5.89. The number of carbonyl (C=O) groups excluding carboxylic acids is 2. The highest BCUT2D eigenvalue weighted by atomic mass is 16.5.